The number of hydrogen-bond acceptors (Lipinski definition) is 5. The predicted molar refractivity (Wildman–Crippen MR) is 64.6 cm³/mol. The van der Waals surface area contributed by atoms with Crippen LogP contribution < -0.4 is 5.73 Å². The van der Waals surface area contributed by atoms with Gasteiger partial charge in [-0.2, -0.15) is 13.2 Å². The van der Waals surface area contributed by atoms with Crippen LogP contribution >= 0.6 is 0 Å². The average molecular weight is 286 g/mol. The van der Waals surface area contributed by atoms with Crippen molar-refractivity contribution in [2.45, 2.75) is 37.9 Å². The Morgan fingerprint density at radius 2 is 2.05 bits per heavy atom. The third kappa shape index (κ3) is 2.16. The Kier molecular flexibility index (Phi) is 2.98. The van der Waals surface area contributed by atoms with Crippen molar-refractivity contribution >= 4 is 17.0 Å². The topological polar surface area (TPSA) is 82.5 Å². The van der Waals surface area contributed by atoms with Gasteiger partial charge in [0, 0.05) is 0 Å². The zero-order chi connectivity index (χ0) is 14.3. The highest BCUT2D eigenvalue weighted by Crippen LogP contribution is 2.42. The molecule has 2 aromatic rings. The molecule has 2 heterocycles. The number of nitrogens with zero attached hydrogens (tertiary/aromatic N) is 5. The molecule has 1 fully saturated rings. The molecule has 0 saturated heterocycles. The maximum Gasteiger partial charge on any atom is 0.391 e. The molecule has 20 heavy (non-hydrogen) atoms. The number of anilines is 1. The van der Waals surface area contributed by atoms with Gasteiger partial charge in [-0.15, -0.1) is 5.10 Å². The first kappa shape index (κ1) is 13.1. The van der Waals surface area contributed by atoms with E-state index in [1.807, 2.05) is 0 Å². The van der Waals surface area contributed by atoms with Crippen molar-refractivity contribution in [2.24, 2.45) is 5.92 Å². The molecular weight excluding hydrogens is 273 g/mol. The summed E-state index contributed by atoms with van der Waals surface area (Å²) in [5.74, 6) is -1.11. The van der Waals surface area contributed by atoms with Crippen LogP contribution in [0.5, 0.6) is 0 Å². The lowest BCUT2D eigenvalue weighted by molar-refractivity contribution is -0.185. The van der Waals surface area contributed by atoms with Crippen LogP contribution in [0.1, 0.15) is 31.7 Å². The minimum absolute atomic E-state index is 0.00582. The number of rotatable bonds is 1. The van der Waals surface area contributed by atoms with Crippen molar-refractivity contribution < 1.29 is 13.2 Å². The number of nitrogen functional groups attached to an aromatic ring is 1. The van der Waals surface area contributed by atoms with Crippen LogP contribution in [0.4, 0.5) is 19.0 Å². The normalized spacial score (nSPS) is 24.1. The molecule has 6 nitrogen and oxygen atoms in total. The van der Waals surface area contributed by atoms with Gasteiger partial charge in [0.15, 0.2) is 17.0 Å². The van der Waals surface area contributed by atoms with Crippen molar-refractivity contribution in [2.75, 3.05) is 5.73 Å². The van der Waals surface area contributed by atoms with Crippen LogP contribution in [0, 0.1) is 5.92 Å². The quantitative estimate of drug-likeness (QED) is 0.868. The van der Waals surface area contributed by atoms with Gasteiger partial charge in [-0.1, -0.05) is 11.6 Å². The lowest BCUT2D eigenvalue weighted by atomic mass is 9.85. The number of nitrogens with two attached hydrogens (primary N) is 1. The third-order valence-corrected chi connectivity index (χ3v) is 3.74. The van der Waals surface area contributed by atoms with E-state index in [0.717, 1.165) is 0 Å². The van der Waals surface area contributed by atoms with E-state index in [1.165, 1.54) is 11.0 Å². The molecule has 2 N–H and O–H groups in total. The highest BCUT2D eigenvalue weighted by molar-refractivity contribution is 5.80. The van der Waals surface area contributed by atoms with Gasteiger partial charge in [0.1, 0.15) is 6.33 Å². The maximum absolute atomic E-state index is 12.8. The van der Waals surface area contributed by atoms with Crippen LogP contribution in [0.3, 0.4) is 0 Å². The van der Waals surface area contributed by atoms with E-state index < -0.39 is 12.1 Å². The summed E-state index contributed by atoms with van der Waals surface area (Å²) in [4.78, 5) is 7.82. The lowest BCUT2D eigenvalue weighted by Gasteiger charge is -2.30. The number of hydrogen-bond donors (Lipinski definition) is 1. The number of halogens is 3. The van der Waals surface area contributed by atoms with E-state index in [-0.39, 0.29) is 24.7 Å². The van der Waals surface area contributed by atoms with Crippen LogP contribution in [-0.2, 0) is 0 Å². The fourth-order valence-electron chi connectivity index (χ4n) is 2.71. The molecule has 1 aliphatic carbocycles. The summed E-state index contributed by atoms with van der Waals surface area (Å²) in [6.45, 7) is 0. The molecule has 0 aliphatic heterocycles. The van der Waals surface area contributed by atoms with Crippen molar-refractivity contribution in [1.29, 1.82) is 0 Å². The second-order valence-electron chi connectivity index (χ2n) is 5.02. The Bertz CT molecular complexity index is 622. The largest absolute Gasteiger partial charge is 0.391 e. The minimum Gasteiger partial charge on any atom is -0.382 e. The summed E-state index contributed by atoms with van der Waals surface area (Å²) in [5, 5.41) is 7.78. The van der Waals surface area contributed by atoms with Gasteiger partial charge >= 0.3 is 6.18 Å². The Morgan fingerprint density at radius 3 is 2.80 bits per heavy atom. The van der Waals surface area contributed by atoms with Crippen LogP contribution in [0.15, 0.2) is 6.33 Å². The summed E-state index contributed by atoms with van der Waals surface area (Å²) in [6.07, 6.45) is -1.58. The maximum atomic E-state index is 12.8. The molecule has 1 aliphatic rings. The van der Waals surface area contributed by atoms with Crippen molar-refractivity contribution in [3.05, 3.63) is 6.33 Å². The van der Waals surface area contributed by atoms with Crippen molar-refractivity contribution in [3.63, 3.8) is 0 Å². The first-order valence-corrected chi connectivity index (χ1v) is 6.35. The van der Waals surface area contributed by atoms with Gasteiger partial charge in [-0.05, 0) is 19.3 Å². The Balaban J connectivity index is 1.93. The molecule has 9 heteroatoms. The monoisotopic (exact) mass is 286 g/mol. The Hall–Kier alpha value is -1.93. The van der Waals surface area contributed by atoms with Crippen molar-refractivity contribution in [3.8, 4) is 0 Å². The summed E-state index contributed by atoms with van der Waals surface area (Å²) < 4.78 is 40.0. The zero-order valence-electron chi connectivity index (χ0n) is 10.5. The molecule has 2 atom stereocenters. The molecule has 0 spiro atoms. The van der Waals surface area contributed by atoms with Gasteiger partial charge < -0.3 is 5.73 Å². The molecule has 108 valence electrons. The van der Waals surface area contributed by atoms with Gasteiger partial charge in [-0.25, -0.2) is 14.6 Å². The third-order valence-electron chi connectivity index (χ3n) is 3.74. The highest BCUT2D eigenvalue weighted by Gasteiger charge is 2.43. The molecule has 0 unspecified atom stereocenters. The van der Waals surface area contributed by atoms with E-state index in [9.17, 15) is 13.2 Å². The molecule has 0 bridgehead atoms. The average Bonchev–Trinajstić information content (AvgIpc) is 2.83. The molecular formula is C11H13F3N6. The number of alkyl halides is 3. The van der Waals surface area contributed by atoms with Crippen LogP contribution in [0.25, 0.3) is 11.2 Å². The zero-order valence-corrected chi connectivity index (χ0v) is 10.5. The second-order valence-corrected chi connectivity index (χ2v) is 5.02. The van der Waals surface area contributed by atoms with E-state index in [0.29, 0.717) is 24.0 Å². The summed E-state index contributed by atoms with van der Waals surface area (Å²) in [5.41, 5.74) is 6.38. The number of aromatic nitrogens is 5. The fourth-order valence-corrected chi connectivity index (χ4v) is 2.71. The Labute approximate surface area is 112 Å². The van der Waals surface area contributed by atoms with Crippen LogP contribution in [0.2, 0.25) is 0 Å². The standard InChI is InChI=1S/C11H13F3N6/c12-11(13,14)6-2-1-3-7(4-6)20-10-8(18-19-20)9(15)16-5-17-10/h5-7H,1-4H2,(H2,15,16,17)/t6-,7+/m1/s1. The van der Waals surface area contributed by atoms with E-state index >= 15 is 0 Å². The molecule has 2 aromatic heterocycles. The molecule has 0 aromatic carbocycles. The van der Waals surface area contributed by atoms with E-state index in [2.05, 4.69) is 20.3 Å². The Morgan fingerprint density at radius 1 is 1.25 bits per heavy atom. The van der Waals surface area contributed by atoms with Gasteiger partial charge in [0.2, 0.25) is 0 Å². The highest BCUT2D eigenvalue weighted by atomic mass is 19.4. The van der Waals surface area contributed by atoms with Crippen LogP contribution in [-0.4, -0.2) is 31.1 Å². The van der Waals surface area contributed by atoms with E-state index in [1.54, 1.807) is 0 Å². The number of fused-ring (bicyclic) bond motifs is 1. The first-order chi connectivity index (χ1) is 9.47. The predicted octanol–water partition coefficient (Wildman–Crippen LogP) is 2.10. The molecule has 3 rings (SSSR count). The van der Waals surface area contributed by atoms with Gasteiger partial charge in [0.05, 0.1) is 12.0 Å². The fraction of sp³-hybridized carbons (Fsp3) is 0.636. The lowest BCUT2D eigenvalue weighted by Crippen LogP contribution is -2.30. The summed E-state index contributed by atoms with van der Waals surface area (Å²) in [7, 11) is 0. The molecule has 0 radical (unpaired) electrons. The molecule has 1 saturated carbocycles. The van der Waals surface area contributed by atoms with E-state index in [4.69, 9.17) is 5.73 Å². The van der Waals surface area contributed by atoms with Gasteiger partial charge in [0.25, 0.3) is 0 Å². The minimum atomic E-state index is -4.16. The SMILES string of the molecule is Nc1ncnc2c1nnn2[C@H]1CCC[C@@H](C(F)(F)F)C1. The smallest absolute Gasteiger partial charge is 0.382 e. The second kappa shape index (κ2) is 4.57. The van der Waals surface area contributed by atoms with Gasteiger partial charge in [-0.3, -0.25) is 0 Å². The first-order valence-electron chi connectivity index (χ1n) is 6.35. The molecule has 0 amide bonds. The summed E-state index contributed by atoms with van der Waals surface area (Å²) >= 11 is 0. The summed E-state index contributed by atoms with van der Waals surface area (Å²) in [6, 6.07) is -0.352. The van der Waals surface area contributed by atoms with Crippen molar-refractivity contribution in [1.82, 2.24) is 25.0 Å².